The maximum Gasteiger partial charge on any atom is 0.251 e. The van der Waals surface area contributed by atoms with Crippen molar-refractivity contribution < 1.29 is 4.79 Å². The number of hydrogen-bond acceptors (Lipinski definition) is 3. The number of hydrogen-bond donors (Lipinski definition) is 2. The lowest BCUT2D eigenvalue weighted by atomic mass is 10.1. The quantitative estimate of drug-likeness (QED) is 0.854. The summed E-state index contributed by atoms with van der Waals surface area (Å²) in [7, 11) is 0. The number of thiophene rings is 1. The maximum absolute atomic E-state index is 12.0. The molecule has 2 rings (SSSR count). The first-order valence-corrected chi connectivity index (χ1v) is 7.09. The van der Waals surface area contributed by atoms with Gasteiger partial charge in [0.1, 0.15) is 4.99 Å². The van der Waals surface area contributed by atoms with Crippen molar-refractivity contribution in [3.8, 4) is 0 Å². The summed E-state index contributed by atoms with van der Waals surface area (Å²) in [6.07, 6.45) is 0. The number of halogens is 1. The fraction of sp³-hybridized carbons (Fsp3) is 0.0769. The number of thiocarbonyl (C=S) groups is 1. The molecule has 1 aromatic heterocycles. The third-order valence-electron chi connectivity index (χ3n) is 2.46. The second kappa shape index (κ2) is 6.14. The maximum atomic E-state index is 12.0. The molecule has 0 aliphatic rings. The van der Waals surface area contributed by atoms with Gasteiger partial charge in [0.15, 0.2) is 0 Å². The van der Waals surface area contributed by atoms with E-state index in [0.717, 1.165) is 4.88 Å². The smallest absolute Gasteiger partial charge is 0.251 e. The largest absolute Gasteiger partial charge is 0.389 e. The zero-order chi connectivity index (χ0) is 13.8. The second-order valence-corrected chi connectivity index (χ2v) is 6.07. The first-order valence-electron chi connectivity index (χ1n) is 5.48. The van der Waals surface area contributed by atoms with Crippen LogP contribution in [0.15, 0.2) is 36.4 Å². The summed E-state index contributed by atoms with van der Waals surface area (Å²) in [4.78, 5) is 13.3. The highest BCUT2D eigenvalue weighted by Crippen LogP contribution is 2.21. The molecule has 1 amide bonds. The van der Waals surface area contributed by atoms with E-state index in [9.17, 15) is 4.79 Å². The van der Waals surface area contributed by atoms with E-state index in [4.69, 9.17) is 29.6 Å². The monoisotopic (exact) mass is 310 g/mol. The second-order valence-electron chi connectivity index (χ2n) is 3.83. The van der Waals surface area contributed by atoms with Crippen LogP contribution in [-0.2, 0) is 6.54 Å². The van der Waals surface area contributed by atoms with Gasteiger partial charge in [-0.1, -0.05) is 36.0 Å². The normalized spacial score (nSPS) is 10.2. The molecular formula is C13H11ClN2OS2. The topological polar surface area (TPSA) is 55.1 Å². The first-order chi connectivity index (χ1) is 9.06. The Hall–Kier alpha value is -1.43. The summed E-state index contributed by atoms with van der Waals surface area (Å²) < 4.78 is 0.708. The number of nitrogens with two attached hydrogens (primary N) is 1. The summed E-state index contributed by atoms with van der Waals surface area (Å²) in [6.45, 7) is 0.452. The van der Waals surface area contributed by atoms with Crippen molar-refractivity contribution in [2.75, 3.05) is 0 Å². The summed E-state index contributed by atoms with van der Waals surface area (Å²) >= 11 is 12.2. The third kappa shape index (κ3) is 3.76. The summed E-state index contributed by atoms with van der Waals surface area (Å²) in [5, 5.41) is 2.82. The van der Waals surface area contributed by atoms with Gasteiger partial charge in [0, 0.05) is 16.0 Å². The Morgan fingerprint density at radius 3 is 2.68 bits per heavy atom. The molecule has 19 heavy (non-hydrogen) atoms. The molecule has 1 aromatic carbocycles. The number of carbonyl (C=O) groups excluding carboxylic acids is 1. The molecule has 3 nitrogen and oxygen atoms in total. The zero-order valence-corrected chi connectivity index (χ0v) is 12.2. The molecule has 1 heterocycles. The molecule has 0 aliphatic carbocycles. The highest BCUT2D eigenvalue weighted by Gasteiger charge is 2.07. The van der Waals surface area contributed by atoms with Crippen molar-refractivity contribution in [2.24, 2.45) is 5.73 Å². The van der Waals surface area contributed by atoms with Crippen LogP contribution in [0.4, 0.5) is 0 Å². The lowest BCUT2D eigenvalue weighted by molar-refractivity contribution is 0.0951. The molecule has 0 radical (unpaired) electrons. The van der Waals surface area contributed by atoms with E-state index in [2.05, 4.69) is 5.32 Å². The number of amides is 1. The standard InChI is InChI=1S/C13H11ClN2OS2/c14-11-5-4-10(19-11)7-16-13(17)9-3-1-2-8(6-9)12(15)18/h1-6H,7H2,(H2,15,18)(H,16,17). The SMILES string of the molecule is NC(=S)c1cccc(C(=O)NCc2ccc(Cl)s2)c1. The van der Waals surface area contributed by atoms with Crippen molar-refractivity contribution in [2.45, 2.75) is 6.54 Å². The van der Waals surface area contributed by atoms with Crippen LogP contribution >= 0.6 is 35.2 Å². The van der Waals surface area contributed by atoms with Gasteiger partial charge in [-0.05, 0) is 24.3 Å². The van der Waals surface area contributed by atoms with Gasteiger partial charge in [0.05, 0.1) is 10.9 Å². The lowest BCUT2D eigenvalue weighted by Gasteiger charge is -2.05. The van der Waals surface area contributed by atoms with Gasteiger partial charge in [0.25, 0.3) is 5.91 Å². The molecule has 2 aromatic rings. The van der Waals surface area contributed by atoms with Crippen LogP contribution in [0.1, 0.15) is 20.8 Å². The Morgan fingerprint density at radius 2 is 2.05 bits per heavy atom. The van der Waals surface area contributed by atoms with Crippen molar-refractivity contribution in [1.29, 1.82) is 0 Å². The van der Waals surface area contributed by atoms with E-state index < -0.39 is 0 Å². The van der Waals surface area contributed by atoms with E-state index in [1.807, 2.05) is 6.07 Å². The summed E-state index contributed by atoms with van der Waals surface area (Å²) in [5.74, 6) is -0.164. The third-order valence-corrected chi connectivity index (χ3v) is 3.93. The summed E-state index contributed by atoms with van der Waals surface area (Å²) in [6, 6.07) is 10.6. The molecule has 0 saturated heterocycles. The zero-order valence-electron chi connectivity index (χ0n) is 9.85. The van der Waals surface area contributed by atoms with Gasteiger partial charge >= 0.3 is 0 Å². The first kappa shape index (κ1) is 14.0. The van der Waals surface area contributed by atoms with Crippen LogP contribution < -0.4 is 11.1 Å². The molecule has 0 atom stereocenters. The van der Waals surface area contributed by atoms with Crippen LogP contribution in [0, 0.1) is 0 Å². The van der Waals surface area contributed by atoms with Gasteiger partial charge in [-0.15, -0.1) is 11.3 Å². The van der Waals surface area contributed by atoms with Gasteiger partial charge in [-0.25, -0.2) is 0 Å². The number of rotatable bonds is 4. The van der Waals surface area contributed by atoms with Crippen LogP contribution in [0.25, 0.3) is 0 Å². The van der Waals surface area contributed by atoms with E-state index >= 15 is 0 Å². The molecule has 6 heteroatoms. The minimum Gasteiger partial charge on any atom is -0.389 e. The molecule has 0 fully saturated rings. The lowest BCUT2D eigenvalue weighted by Crippen LogP contribution is -2.22. The minimum atomic E-state index is -0.164. The molecule has 0 bridgehead atoms. The van der Waals surface area contributed by atoms with E-state index in [1.165, 1.54) is 11.3 Å². The summed E-state index contributed by atoms with van der Waals surface area (Å²) in [5.41, 5.74) is 6.75. The molecule has 98 valence electrons. The van der Waals surface area contributed by atoms with E-state index in [0.29, 0.717) is 22.0 Å². The van der Waals surface area contributed by atoms with Gasteiger partial charge < -0.3 is 11.1 Å². The predicted octanol–water partition coefficient (Wildman–Crippen LogP) is 2.97. The molecule has 3 N–H and O–H groups in total. The van der Waals surface area contributed by atoms with Crippen molar-refractivity contribution >= 4 is 46.1 Å². The number of benzene rings is 1. The Balaban J connectivity index is 2.03. The molecule has 0 aliphatic heterocycles. The predicted molar refractivity (Wildman–Crippen MR) is 82.8 cm³/mol. The highest BCUT2D eigenvalue weighted by molar-refractivity contribution is 7.80. The van der Waals surface area contributed by atoms with Crippen molar-refractivity contribution in [3.05, 3.63) is 56.7 Å². The fourth-order valence-corrected chi connectivity index (χ4v) is 2.68. The fourth-order valence-electron chi connectivity index (χ4n) is 1.53. The Morgan fingerprint density at radius 1 is 1.32 bits per heavy atom. The number of carbonyl (C=O) groups is 1. The van der Waals surface area contributed by atoms with Crippen LogP contribution in [0.5, 0.6) is 0 Å². The van der Waals surface area contributed by atoms with Gasteiger partial charge in [-0.3, -0.25) is 4.79 Å². The Labute approximate surface area is 125 Å². The Bertz CT molecular complexity index is 625. The number of nitrogens with one attached hydrogen (secondary N) is 1. The van der Waals surface area contributed by atoms with Gasteiger partial charge in [0.2, 0.25) is 0 Å². The average molecular weight is 311 g/mol. The highest BCUT2D eigenvalue weighted by atomic mass is 35.5. The average Bonchev–Trinajstić information content (AvgIpc) is 2.82. The van der Waals surface area contributed by atoms with Gasteiger partial charge in [-0.2, -0.15) is 0 Å². The van der Waals surface area contributed by atoms with E-state index in [-0.39, 0.29) is 10.9 Å². The van der Waals surface area contributed by atoms with Crippen LogP contribution in [0.2, 0.25) is 4.34 Å². The van der Waals surface area contributed by atoms with Crippen molar-refractivity contribution in [1.82, 2.24) is 5.32 Å². The van der Waals surface area contributed by atoms with Crippen LogP contribution in [-0.4, -0.2) is 10.9 Å². The molecular weight excluding hydrogens is 300 g/mol. The molecule has 0 unspecified atom stereocenters. The molecule has 0 spiro atoms. The minimum absolute atomic E-state index is 0.164. The van der Waals surface area contributed by atoms with Crippen molar-refractivity contribution in [3.63, 3.8) is 0 Å². The van der Waals surface area contributed by atoms with E-state index in [1.54, 1.807) is 30.3 Å². The Kier molecular flexibility index (Phi) is 4.52. The molecule has 0 saturated carbocycles. The van der Waals surface area contributed by atoms with Crippen LogP contribution in [0.3, 0.4) is 0 Å².